The molecule has 0 aliphatic carbocycles. The van der Waals surface area contributed by atoms with Crippen LogP contribution in [0.4, 0.5) is 5.69 Å². The van der Waals surface area contributed by atoms with Crippen LogP contribution in [-0.4, -0.2) is 17.0 Å². The highest BCUT2D eigenvalue weighted by atomic mass is 79.9. The number of benzene rings is 1. The molecule has 20 heavy (non-hydrogen) atoms. The SMILES string of the molecule is CNCc1cncc(Oc2ccc(Br)cc2[N+](=O)[O-])c1. The molecule has 0 atom stereocenters. The average Bonchev–Trinajstić information content (AvgIpc) is 2.41. The number of nitro groups is 1. The van der Waals surface area contributed by atoms with Crippen LogP contribution in [0.3, 0.4) is 0 Å². The minimum atomic E-state index is -0.481. The van der Waals surface area contributed by atoms with E-state index >= 15 is 0 Å². The molecule has 2 aromatic rings. The molecule has 0 spiro atoms. The molecule has 7 heteroatoms. The van der Waals surface area contributed by atoms with Gasteiger partial charge in [-0.2, -0.15) is 0 Å². The van der Waals surface area contributed by atoms with E-state index in [9.17, 15) is 10.1 Å². The summed E-state index contributed by atoms with van der Waals surface area (Å²) in [5, 5.41) is 14.0. The van der Waals surface area contributed by atoms with Gasteiger partial charge in [0.2, 0.25) is 5.75 Å². The molecule has 6 nitrogen and oxygen atoms in total. The Kier molecular flexibility index (Phi) is 4.65. The van der Waals surface area contributed by atoms with Gasteiger partial charge in [-0.05, 0) is 30.8 Å². The van der Waals surface area contributed by atoms with Gasteiger partial charge in [0.15, 0.2) is 0 Å². The minimum Gasteiger partial charge on any atom is -0.448 e. The van der Waals surface area contributed by atoms with Crippen LogP contribution in [0.15, 0.2) is 41.1 Å². The van der Waals surface area contributed by atoms with Crippen LogP contribution in [0.1, 0.15) is 5.56 Å². The number of nitro benzene ring substituents is 1. The van der Waals surface area contributed by atoms with Crippen molar-refractivity contribution in [2.45, 2.75) is 6.54 Å². The highest BCUT2D eigenvalue weighted by molar-refractivity contribution is 9.10. The van der Waals surface area contributed by atoms with Crippen LogP contribution in [-0.2, 0) is 6.54 Å². The number of rotatable bonds is 5. The van der Waals surface area contributed by atoms with Crippen molar-refractivity contribution in [1.29, 1.82) is 0 Å². The summed E-state index contributed by atoms with van der Waals surface area (Å²) in [7, 11) is 1.83. The number of hydrogen-bond acceptors (Lipinski definition) is 5. The summed E-state index contributed by atoms with van der Waals surface area (Å²) in [5.74, 6) is 0.643. The van der Waals surface area contributed by atoms with Gasteiger partial charge in [-0.1, -0.05) is 15.9 Å². The van der Waals surface area contributed by atoms with Gasteiger partial charge in [0.05, 0.1) is 11.1 Å². The van der Waals surface area contributed by atoms with Gasteiger partial charge in [-0.25, -0.2) is 0 Å². The van der Waals surface area contributed by atoms with E-state index in [2.05, 4.69) is 26.2 Å². The summed E-state index contributed by atoms with van der Waals surface area (Å²) in [6, 6.07) is 6.43. The van der Waals surface area contributed by atoms with E-state index in [4.69, 9.17) is 4.74 Å². The van der Waals surface area contributed by atoms with Gasteiger partial charge in [-0.3, -0.25) is 15.1 Å². The molecule has 0 radical (unpaired) electrons. The normalized spacial score (nSPS) is 10.3. The Labute approximate surface area is 124 Å². The largest absolute Gasteiger partial charge is 0.448 e. The highest BCUT2D eigenvalue weighted by Gasteiger charge is 2.16. The summed E-state index contributed by atoms with van der Waals surface area (Å²) in [6.07, 6.45) is 3.23. The van der Waals surface area contributed by atoms with E-state index in [0.29, 0.717) is 16.8 Å². The van der Waals surface area contributed by atoms with E-state index < -0.39 is 4.92 Å². The van der Waals surface area contributed by atoms with Crippen molar-refractivity contribution >= 4 is 21.6 Å². The molecule has 0 amide bonds. The summed E-state index contributed by atoms with van der Waals surface area (Å²) < 4.78 is 6.18. The number of hydrogen-bond donors (Lipinski definition) is 1. The average molecular weight is 338 g/mol. The fraction of sp³-hybridized carbons (Fsp3) is 0.154. The predicted molar refractivity (Wildman–Crippen MR) is 77.9 cm³/mol. The van der Waals surface area contributed by atoms with E-state index in [0.717, 1.165) is 5.56 Å². The quantitative estimate of drug-likeness (QED) is 0.669. The van der Waals surface area contributed by atoms with Crippen molar-refractivity contribution in [3.8, 4) is 11.5 Å². The lowest BCUT2D eigenvalue weighted by molar-refractivity contribution is -0.385. The maximum atomic E-state index is 11.0. The molecule has 0 fully saturated rings. The Balaban J connectivity index is 2.30. The molecule has 1 heterocycles. The zero-order valence-electron chi connectivity index (χ0n) is 10.7. The third-order valence-electron chi connectivity index (χ3n) is 2.50. The molecule has 1 aromatic carbocycles. The van der Waals surface area contributed by atoms with Crippen molar-refractivity contribution in [2.24, 2.45) is 0 Å². The van der Waals surface area contributed by atoms with Crippen LogP contribution >= 0.6 is 15.9 Å². The van der Waals surface area contributed by atoms with Crippen molar-refractivity contribution < 1.29 is 9.66 Å². The number of ether oxygens (including phenoxy) is 1. The molecule has 104 valence electrons. The summed E-state index contributed by atoms with van der Waals surface area (Å²) in [5.41, 5.74) is 0.836. The maximum absolute atomic E-state index is 11.0. The standard InChI is InChI=1S/C13H12BrN3O3/c1-15-6-9-4-11(8-16-7-9)20-13-3-2-10(14)5-12(13)17(18)19/h2-5,7-8,15H,6H2,1H3. The fourth-order valence-electron chi connectivity index (χ4n) is 1.67. The van der Waals surface area contributed by atoms with E-state index in [-0.39, 0.29) is 11.4 Å². The second kappa shape index (κ2) is 6.44. The molecule has 2 rings (SSSR count). The molecule has 0 aliphatic rings. The third kappa shape index (κ3) is 3.52. The second-order valence-electron chi connectivity index (χ2n) is 4.03. The zero-order chi connectivity index (χ0) is 14.5. The first-order valence-corrected chi connectivity index (χ1v) is 6.60. The van der Waals surface area contributed by atoms with Gasteiger partial charge in [0.25, 0.3) is 0 Å². The monoisotopic (exact) mass is 337 g/mol. The molecule has 0 saturated heterocycles. The Bertz CT molecular complexity index is 634. The van der Waals surface area contributed by atoms with Crippen LogP contribution in [0.2, 0.25) is 0 Å². The van der Waals surface area contributed by atoms with Gasteiger partial charge < -0.3 is 10.1 Å². The van der Waals surface area contributed by atoms with Gasteiger partial charge in [0.1, 0.15) is 5.75 Å². The lowest BCUT2D eigenvalue weighted by Gasteiger charge is -2.07. The highest BCUT2D eigenvalue weighted by Crippen LogP contribution is 2.33. The summed E-state index contributed by atoms with van der Waals surface area (Å²) >= 11 is 3.20. The third-order valence-corrected chi connectivity index (χ3v) is 2.99. The zero-order valence-corrected chi connectivity index (χ0v) is 12.3. The number of aromatic nitrogens is 1. The van der Waals surface area contributed by atoms with E-state index in [1.807, 2.05) is 7.05 Å². The fourth-order valence-corrected chi connectivity index (χ4v) is 2.02. The number of halogens is 1. The van der Waals surface area contributed by atoms with Crippen molar-refractivity contribution in [3.63, 3.8) is 0 Å². The van der Waals surface area contributed by atoms with Crippen molar-refractivity contribution in [1.82, 2.24) is 10.3 Å². The van der Waals surface area contributed by atoms with E-state index in [1.165, 1.54) is 12.3 Å². The lowest BCUT2D eigenvalue weighted by Crippen LogP contribution is -2.05. The Hall–Kier alpha value is -1.99. The first-order valence-electron chi connectivity index (χ1n) is 5.80. The molecule has 0 saturated carbocycles. The maximum Gasteiger partial charge on any atom is 0.312 e. The van der Waals surface area contributed by atoms with Gasteiger partial charge in [0, 0.05) is 23.3 Å². The molecule has 0 bridgehead atoms. The molecule has 0 unspecified atom stereocenters. The molecule has 1 aromatic heterocycles. The lowest BCUT2D eigenvalue weighted by atomic mass is 10.2. The first kappa shape index (κ1) is 14.4. The van der Waals surface area contributed by atoms with Gasteiger partial charge >= 0.3 is 5.69 Å². The predicted octanol–water partition coefficient (Wildman–Crippen LogP) is 3.26. The van der Waals surface area contributed by atoms with Crippen molar-refractivity contribution in [2.75, 3.05) is 7.05 Å². The summed E-state index contributed by atoms with van der Waals surface area (Å²) in [6.45, 7) is 0.645. The first-order chi connectivity index (χ1) is 9.60. The number of nitrogens with zero attached hydrogens (tertiary/aromatic N) is 2. The molecular weight excluding hydrogens is 326 g/mol. The smallest absolute Gasteiger partial charge is 0.312 e. The Morgan fingerprint density at radius 3 is 2.90 bits per heavy atom. The van der Waals surface area contributed by atoms with Crippen LogP contribution < -0.4 is 10.1 Å². The molecule has 1 N–H and O–H groups in total. The summed E-state index contributed by atoms with van der Waals surface area (Å²) in [4.78, 5) is 14.6. The second-order valence-corrected chi connectivity index (χ2v) is 4.95. The number of nitrogens with one attached hydrogen (secondary N) is 1. The minimum absolute atomic E-state index is 0.0987. The van der Waals surface area contributed by atoms with E-state index in [1.54, 1.807) is 24.4 Å². The Morgan fingerprint density at radius 1 is 1.40 bits per heavy atom. The topological polar surface area (TPSA) is 77.3 Å². The van der Waals surface area contributed by atoms with Crippen LogP contribution in [0, 0.1) is 10.1 Å². The molecular formula is C13H12BrN3O3. The van der Waals surface area contributed by atoms with Gasteiger partial charge in [-0.15, -0.1) is 0 Å². The number of pyridine rings is 1. The van der Waals surface area contributed by atoms with Crippen LogP contribution in [0.5, 0.6) is 11.5 Å². The molecule has 0 aliphatic heterocycles. The van der Waals surface area contributed by atoms with Crippen LogP contribution in [0.25, 0.3) is 0 Å². The Morgan fingerprint density at radius 2 is 2.20 bits per heavy atom. The van der Waals surface area contributed by atoms with Crippen molar-refractivity contribution in [3.05, 3.63) is 56.8 Å².